The van der Waals surface area contributed by atoms with E-state index in [2.05, 4.69) is 19.1 Å². The van der Waals surface area contributed by atoms with Gasteiger partial charge in [0, 0.05) is 0 Å². The van der Waals surface area contributed by atoms with Crippen molar-refractivity contribution < 1.29 is 5.11 Å². The molecule has 0 aliphatic rings. The lowest BCUT2D eigenvalue weighted by Gasteiger charge is -1.97. The second kappa shape index (κ2) is 13.3. The van der Waals surface area contributed by atoms with E-state index in [4.69, 9.17) is 5.11 Å². The Morgan fingerprint density at radius 1 is 0.733 bits per heavy atom. The lowest BCUT2D eigenvalue weighted by Crippen LogP contribution is -1.78. The van der Waals surface area contributed by atoms with Gasteiger partial charge in [0.1, 0.15) is 0 Å². The summed E-state index contributed by atoms with van der Waals surface area (Å²) < 4.78 is 0. The van der Waals surface area contributed by atoms with Crippen molar-refractivity contribution in [2.45, 2.75) is 64.7 Å². The Hall–Kier alpha value is -0.720. The van der Waals surface area contributed by atoms with Gasteiger partial charge in [-0.25, -0.2) is 0 Å². The Bertz CT molecular complexity index is 159. The highest BCUT2D eigenvalue weighted by Gasteiger charge is 1.88. The molecular formula is C14H26O. The maximum absolute atomic E-state index is 8.42. The Kier molecular flexibility index (Phi) is 12.6. The molecule has 0 radical (unpaired) electrons. The summed E-state index contributed by atoms with van der Waals surface area (Å²) in [6.07, 6.45) is 18.9. The van der Waals surface area contributed by atoms with Crippen LogP contribution in [0.4, 0.5) is 0 Å². The molecule has 0 aromatic heterocycles. The first kappa shape index (κ1) is 14.3. The molecule has 1 heteroatoms. The molecule has 0 fully saturated rings. The first-order valence-corrected chi connectivity index (χ1v) is 6.36. The minimum Gasteiger partial charge on any atom is -0.516 e. The third kappa shape index (κ3) is 13.3. The Labute approximate surface area is 94.9 Å². The fourth-order valence-electron chi connectivity index (χ4n) is 1.53. The highest BCUT2D eigenvalue weighted by atomic mass is 16.2. The Morgan fingerprint density at radius 2 is 1.27 bits per heavy atom. The van der Waals surface area contributed by atoms with Crippen LogP contribution in [0.3, 0.4) is 0 Å². The first-order chi connectivity index (χ1) is 7.41. The minimum atomic E-state index is 1.02. The SMILES string of the molecule is CCCC=CCCCCCCCC=CO. The molecule has 15 heavy (non-hydrogen) atoms. The monoisotopic (exact) mass is 210 g/mol. The van der Waals surface area contributed by atoms with Crippen molar-refractivity contribution in [3.63, 3.8) is 0 Å². The fraction of sp³-hybridized carbons (Fsp3) is 0.714. The summed E-state index contributed by atoms with van der Waals surface area (Å²) >= 11 is 0. The van der Waals surface area contributed by atoms with Gasteiger partial charge in [-0.05, 0) is 32.1 Å². The number of aliphatic hydroxyl groups is 1. The van der Waals surface area contributed by atoms with Crippen molar-refractivity contribution in [1.82, 2.24) is 0 Å². The Balaban J connectivity index is 2.98. The molecule has 0 spiro atoms. The van der Waals surface area contributed by atoms with Crippen LogP contribution in [0, 0.1) is 0 Å². The van der Waals surface area contributed by atoms with Gasteiger partial charge in [-0.2, -0.15) is 0 Å². The van der Waals surface area contributed by atoms with Crippen molar-refractivity contribution in [1.29, 1.82) is 0 Å². The smallest absolute Gasteiger partial charge is 0.0751 e. The molecule has 0 saturated heterocycles. The number of hydrogen-bond donors (Lipinski definition) is 1. The largest absolute Gasteiger partial charge is 0.516 e. The summed E-state index contributed by atoms with van der Waals surface area (Å²) in [7, 11) is 0. The van der Waals surface area contributed by atoms with Gasteiger partial charge in [0.25, 0.3) is 0 Å². The molecule has 1 nitrogen and oxygen atoms in total. The maximum atomic E-state index is 8.42. The van der Waals surface area contributed by atoms with E-state index in [1.165, 1.54) is 51.4 Å². The highest BCUT2D eigenvalue weighted by molar-refractivity contribution is 4.80. The number of allylic oxidation sites excluding steroid dienone is 3. The lowest BCUT2D eigenvalue weighted by molar-refractivity contribution is 0.469. The summed E-state index contributed by atoms with van der Waals surface area (Å²) in [5.41, 5.74) is 0. The van der Waals surface area contributed by atoms with Gasteiger partial charge in [-0.1, -0.05) is 50.8 Å². The van der Waals surface area contributed by atoms with Crippen LogP contribution in [-0.2, 0) is 0 Å². The number of hydrogen-bond acceptors (Lipinski definition) is 1. The molecule has 0 aromatic carbocycles. The minimum absolute atomic E-state index is 1.02. The van der Waals surface area contributed by atoms with E-state index in [1.807, 2.05) is 6.08 Å². The van der Waals surface area contributed by atoms with Gasteiger partial charge in [0.05, 0.1) is 6.26 Å². The quantitative estimate of drug-likeness (QED) is 0.300. The molecule has 0 rings (SSSR count). The number of rotatable bonds is 10. The van der Waals surface area contributed by atoms with Crippen LogP contribution >= 0.6 is 0 Å². The molecule has 0 aliphatic heterocycles. The van der Waals surface area contributed by atoms with E-state index in [-0.39, 0.29) is 0 Å². The molecule has 0 bridgehead atoms. The molecule has 0 saturated carbocycles. The predicted molar refractivity (Wildman–Crippen MR) is 68.1 cm³/mol. The average molecular weight is 210 g/mol. The third-order valence-corrected chi connectivity index (χ3v) is 2.47. The summed E-state index contributed by atoms with van der Waals surface area (Å²) in [6.45, 7) is 2.21. The zero-order valence-electron chi connectivity index (χ0n) is 10.1. The average Bonchev–Trinajstić information content (AvgIpc) is 2.26. The topological polar surface area (TPSA) is 20.2 Å². The van der Waals surface area contributed by atoms with Gasteiger partial charge >= 0.3 is 0 Å². The molecule has 0 atom stereocenters. The molecule has 0 amide bonds. The lowest BCUT2D eigenvalue weighted by atomic mass is 10.1. The van der Waals surface area contributed by atoms with E-state index in [9.17, 15) is 0 Å². The van der Waals surface area contributed by atoms with Crippen molar-refractivity contribution in [3.8, 4) is 0 Å². The van der Waals surface area contributed by atoms with Crippen molar-refractivity contribution in [3.05, 3.63) is 24.5 Å². The van der Waals surface area contributed by atoms with Gasteiger partial charge in [0.2, 0.25) is 0 Å². The van der Waals surface area contributed by atoms with E-state index in [0.29, 0.717) is 0 Å². The van der Waals surface area contributed by atoms with E-state index >= 15 is 0 Å². The van der Waals surface area contributed by atoms with Crippen molar-refractivity contribution >= 4 is 0 Å². The zero-order valence-corrected chi connectivity index (χ0v) is 10.1. The van der Waals surface area contributed by atoms with Gasteiger partial charge in [-0.3, -0.25) is 0 Å². The van der Waals surface area contributed by atoms with Crippen LogP contribution in [0.2, 0.25) is 0 Å². The van der Waals surface area contributed by atoms with Gasteiger partial charge < -0.3 is 5.11 Å². The van der Waals surface area contributed by atoms with Crippen LogP contribution in [0.1, 0.15) is 64.7 Å². The van der Waals surface area contributed by atoms with Crippen LogP contribution in [-0.4, -0.2) is 5.11 Å². The highest BCUT2D eigenvalue weighted by Crippen LogP contribution is 2.08. The van der Waals surface area contributed by atoms with Crippen LogP contribution in [0.5, 0.6) is 0 Å². The summed E-state index contributed by atoms with van der Waals surface area (Å²) in [5, 5.41) is 8.42. The first-order valence-electron chi connectivity index (χ1n) is 6.36. The number of aliphatic hydroxyl groups excluding tert-OH is 1. The van der Waals surface area contributed by atoms with E-state index in [1.54, 1.807) is 0 Å². The number of unbranched alkanes of at least 4 members (excludes halogenated alkanes) is 7. The summed E-state index contributed by atoms with van der Waals surface area (Å²) in [4.78, 5) is 0. The normalized spacial score (nSPS) is 11.8. The van der Waals surface area contributed by atoms with Crippen molar-refractivity contribution in [2.75, 3.05) is 0 Å². The van der Waals surface area contributed by atoms with Crippen molar-refractivity contribution in [2.24, 2.45) is 0 Å². The molecule has 88 valence electrons. The molecule has 0 unspecified atom stereocenters. The fourth-order valence-corrected chi connectivity index (χ4v) is 1.53. The maximum Gasteiger partial charge on any atom is 0.0751 e. The predicted octanol–water partition coefficient (Wildman–Crippen LogP) is 5.15. The van der Waals surface area contributed by atoms with Crippen LogP contribution in [0.15, 0.2) is 24.5 Å². The third-order valence-electron chi connectivity index (χ3n) is 2.47. The molecular weight excluding hydrogens is 184 g/mol. The van der Waals surface area contributed by atoms with Crippen LogP contribution < -0.4 is 0 Å². The second-order valence-electron chi connectivity index (χ2n) is 3.99. The molecule has 1 N–H and O–H groups in total. The zero-order chi connectivity index (χ0) is 11.2. The van der Waals surface area contributed by atoms with Crippen LogP contribution in [0.25, 0.3) is 0 Å². The summed E-state index contributed by atoms with van der Waals surface area (Å²) in [5.74, 6) is 0. The Morgan fingerprint density at radius 3 is 1.87 bits per heavy atom. The van der Waals surface area contributed by atoms with Gasteiger partial charge in [-0.15, -0.1) is 0 Å². The van der Waals surface area contributed by atoms with E-state index in [0.717, 1.165) is 12.7 Å². The van der Waals surface area contributed by atoms with Gasteiger partial charge in [0.15, 0.2) is 0 Å². The molecule has 0 heterocycles. The standard InChI is InChI=1S/C14H26O/c1-2-3-4-5-6-7-8-9-10-11-12-13-14-15/h4-5,13-15H,2-3,6-12H2,1H3. The summed E-state index contributed by atoms with van der Waals surface area (Å²) in [6, 6.07) is 0. The molecule has 0 aromatic rings. The van der Waals surface area contributed by atoms with E-state index < -0.39 is 0 Å². The second-order valence-corrected chi connectivity index (χ2v) is 3.99. The molecule has 0 aliphatic carbocycles.